The van der Waals surface area contributed by atoms with Gasteiger partial charge in [0.2, 0.25) is 0 Å². The van der Waals surface area contributed by atoms with E-state index in [1.165, 1.54) is 12.1 Å². The molecule has 0 saturated carbocycles. The summed E-state index contributed by atoms with van der Waals surface area (Å²) >= 11 is 0. The predicted octanol–water partition coefficient (Wildman–Crippen LogP) is 1.97. The van der Waals surface area contributed by atoms with Gasteiger partial charge in [-0.15, -0.1) is 6.58 Å². The zero-order chi connectivity index (χ0) is 11.8. The zero-order valence-corrected chi connectivity index (χ0v) is 8.89. The summed E-state index contributed by atoms with van der Waals surface area (Å²) in [5.41, 5.74) is 0.246. The molecule has 1 aromatic carbocycles. The number of benzene rings is 1. The van der Waals surface area contributed by atoms with Gasteiger partial charge in [0.15, 0.2) is 0 Å². The van der Waals surface area contributed by atoms with Crippen LogP contribution in [-0.4, -0.2) is 30.9 Å². The van der Waals surface area contributed by atoms with E-state index >= 15 is 0 Å². The van der Waals surface area contributed by atoms with E-state index in [-0.39, 0.29) is 5.56 Å². The van der Waals surface area contributed by atoms with E-state index in [1.54, 1.807) is 18.2 Å². The SMILES string of the molecule is C=CCOCCOc1ccc(C(=O)O)cc1. The molecule has 0 aliphatic heterocycles. The van der Waals surface area contributed by atoms with E-state index < -0.39 is 5.97 Å². The van der Waals surface area contributed by atoms with Gasteiger partial charge in [-0.05, 0) is 24.3 Å². The summed E-state index contributed by atoms with van der Waals surface area (Å²) in [4.78, 5) is 10.6. The van der Waals surface area contributed by atoms with Crippen LogP contribution in [0.1, 0.15) is 10.4 Å². The lowest BCUT2D eigenvalue weighted by molar-refractivity contribution is 0.0696. The first kappa shape index (κ1) is 12.3. The highest BCUT2D eigenvalue weighted by molar-refractivity contribution is 5.87. The molecule has 1 aromatic rings. The topological polar surface area (TPSA) is 55.8 Å². The Kier molecular flexibility index (Phi) is 5.08. The summed E-state index contributed by atoms with van der Waals surface area (Å²) in [6.07, 6.45) is 1.67. The van der Waals surface area contributed by atoms with Gasteiger partial charge < -0.3 is 14.6 Å². The second-order valence-corrected chi connectivity index (χ2v) is 3.04. The summed E-state index contributed by atoms with van der Waals surface area (Å²) in [5.74, 6) is -0.312. The molecule has 0 aromatic heterocycles. The van der Waals surface area contributed by atoms with Gasteiger partial charge in [-0.1, -0.05) is 6.08 Å². The monoisotopic (exact) mass is 222 g/mol. The van der Waals surface area contributed by atoms with Gasteiger partial charge in [-0.3, -0.25) is 0 Å². The highest BCUT2D eigenvalue weighted by Gasteiger charge is 2.01. The maximum atomic E-state index is 10.6. The average Bonchev–Trinajstić information content (AvgIpc) is 2.29. The summed E-state index contributed by atoms with van der Waals surface area (Å²) in [6, 6.07) is 6.25. The first-order chi connectivity index (χ1) is 7.74. The van der Waals surface area contributed by atoms with Crippen molar-refractivity contribution in [1.29, 1.82) is 0 Å². The Bertz CT molecular complexity index is 343. The third kappa shape index (κ3) is 4.14. The minimum Gasteiger partial charge on any atom is -0.491 e. The molecule has 0 fully saturated rings. The van der Waals surface area contributed by atoms with Crippen molar-refractivity contribution in [3.8, 4) is 5.75 Å². The second kappa shape index (κ2) is 6.63. The van der Waals surface area contributed by atoms with Crippen molar-refractivity contribution < 1.29 is 19.4 Å². The van der Waals surface area contributed by atoms with E-state index in [1.807, 2.05) is 0 Å². The van der Waals surface area contributed by atoms with Gasteiger partial charge in [0.25, 0.3) is 0 Å². The van der Waals surface area contributed by atoms with Crippen molar-refractivity contribution in [1.82, 2.24) is 0 Å². The van der Waals surface area contributed by atoms with Gasteiger partial charge in [-0.25, -0.2) is 4.79 Å². The van der Waals surface area contributed by atoms with E-state index in [0.29, 0.717) is 25.6 Å². The van der Waals surface area contributed by atoms with Gasteiger partial charge >= 0.3 is 5.97 Å². The molecule has 0 bridgehead atoms. The van der Waals surface area contributed by atoms with Crippen LogP contribution < -0.4 is 4.74 Å². The Morgan fingerprint density at radius 2 is 2.00 bits per heavy atom. The highest BCUT2D eigenvalue weighted by atomic mass is 16.5. The zero-order valence-electron chi connectivity index (χ0n) is 8.89. The molecule has 0 amide bonds. The molecule has 16 heavy (non-hydrogen) atoms. The Morgan fingerprint density at radius 3 is 2.56 bits per heavy atom. The number of aromatic carboxylic acids is 1. The fourth-order valence-electron chi connectivity index (χ4n) is 1.08. The summed E-state index contributed by atoms with van der Waals surface area (Å²) < 4.78 is 10.5. The molecule has 0 unspecified atom stereocenters. The normalized spacial score (nSPS) is 9.75. The van der Waals surface area contributed by atoms with Crippen molar-refractivity contribution in [2.75, 3.05) is 19.8 Å². The third-order valence-electron chi connectivity index (χ3n) is 1.83. The minimum absolute atomic E-state index is 0.246. The third-order valence-corrected chi connectivity index (χ3v) is 1.83. The Morgan fingerprint density at radius 1 is 1.31 bits per heavy atom. The van der Waals surface area contributed by atoms with Crippen LogP contribution in [0.3, 0.4) is 0 Å². The van der Waals surface area contributed by atoms with Crippen molar-refractivity contribution in [2.24, 2.45) is 0 Å². The molecule has 1 rings (SSSR count). The second-order valence-electron chi connectivity index (χ2n) is 3.04. The number of ether oxygens (including phenoxy) is 2. The Hall–Kier alpha value is -1.81. The van der Waals surface area contributed by atoms with Crippen molar-refractivity contribution in [2.45, 2.75) is 0 Å². The number of carbonyl (C=O) groups is 1. The van der Waals surface area contributed by atoms with Crippen molar-refractivity contribution in [3.63, 3.8) is 0 Å². The maximum absolute atomic E-state index is 10.6. The quantitative estimate of drug-likeness (QED) is 0.566. The smallest absolute Gasteiger partial charge is 0.335 e. The van der Waals surface area contributed by atoms with E-state index in [2.05, 4.69) is 6.58 Å². The molecule has 0 aliphatic carbocycles. The summed E-state index contributed by atoms with van der Waals surface area (Å²) in [5, 5.41) is 8.68. The molecule has 4 heteroatoms. The fraction of sp³-hybridized carbons (Fsp3) is 0.250. The standard InChI is InChI=1S/C12H14O4/c1-2-7-15-8-9-16-11-5-3-10(4-6-11)12(13)14/h2-6H,1,7-9H2,(H,13,14). The predicted molar refractivity (Wildman–Crippen MR) is 59.9 cm³/mol. The number of rotatable bonds is 7. The largest absolute Gasteiger partial charge is 0.491 e. The number of hydrogen-bond acceptors (Lipinski definition) is 3. The number of carboxylic acids is 1. The van der Waals surface area contributed by atoms with Crippen LogP contribution in [0.25, 0.3) is 0 Å². The van der Waals surface area contributed by atoms with E-state index in [4.69, 9.17) is 14.6 Å². The molecule has 0 saturated heterocycles. The van der Waals surface area contributed by atoms with Crippen molar-refractivity contribution >= 4 is 5.97 Å². The van der Waals surface area contributed by atoms with Gasteiger partial charge in [-0.2, -0.15) is 0 Å². The van der Waals surface area contributed by atoms with Crippen LogP contribution in [0, 0.1) is 0 Å². The maximum Gasteiger partial charge on any atom is 0.335 e. The lowest BCUT2D eigenvalue weighted by Crippen LogP contribution is -2.06. The van der Waals surface area contributed by atoms with Crippen LogP contribution in [-0.2, 0) is 4.74 Å². The minimum atomic E-state index is -0.944. The summed E-state index contributed by atoms with van der Waals surface area (Å²) in [6.45, 7) is 4.93. The molecule has 0 aliphatic rings. The van der Waals surface area contributed by atoms with Crippen molar-refractivity contribution in [3.05, 3.63) is 42.5 Å². The van der Waals surface area contributed by atoms with Crippen LogP contribution in [0.2, 0.25) is 0 Å². The van der Waals surface area contributed by atoms with Gasteiger partial charge in [0, 0.05) is 0 Å². The Labute approximate surface area is 94.1 Å². The number of hydrogen-bond donors (Lipinski definition) is 1. The molecule has 1 N–H and O–H groups in total. The van der Waals surface area contributed by atoms with Crippen LogP contribution in [0.4, 0.5) is 0 Å². The molecule has 0 heterocycles. The average molecular weight is 222 g/mol. The Balaban J connectivity index is 2.32. The molecule has 0 atom stereocenters. The van der Waals surface area contributed by atoms with E-state index in [9.17, 15) is 4.79 Å². The first-order valence-electron chi connectivity index (χ1n) is 4.89. The fourth-order valence-corrected chi connectivity index (χ4v) is 1.08. The van der Waals surface area contributed by atoms with Crippen LogP contribution in [0.5, 0.6) is 5.75 Å². The number of carboxylic acid groups (broad SMARTS) is 1. The molecular formula is C12H14O4. The van der Waals surface area contributed by atoms with Crippen LogP contribution >= 0.6 is 0 Å². The van der Waals surface area contributed by atoms with Crippen LogP contribution in [0.15, 0.2) is 36.9 Å². The van der Waals surface area contributed by atoms with Gasteiger partial charge in [0.05, 0.1) is 18.8 Å². The van der Waals surface area contributed by atoms with E-state index in [0.717, 1.165) is 0 Å². The van der Waals surface area contributed by atoms with Gasteiger partial charge in [0.1, 0.15) is 12.4 Å². The lowest BCUT2D eigenvalue weighted by atomic mass is 10.2. The lowest BCUT2D eigenvalue weighted by Gasteiger charge is -2.06. The molecular weight excluding hydrogens is 208 g/mol. The molecule has 0 spiro atoms. The molecule has 0 radical (unpaired) electrons. The highest BCUT2D eigenvalue weighted by Crippen LogP contribution is 2.11. The molecule has 4 nitrogen and oxygen atoms in total. The first-order valence-corrected chi connectivity index (χ1v) is 4.89. The molecule has 86 valence electrons. The summed E-state index contributed by atoms with van der Waals surface area (Å²) in [7, 11) is 0.